The van der Waals surface area contributed by atoms with Crippen LogP contribution in [0.15, 0.2) is 52.2 Å². The molecule has 0 spiro atoms. The molecule has 28 heavy (non-hydrogen) atoms. The van der Waals surface area contributed by atoms with Crippen LogP contribution in [0.3, 0.4) is 0 Å². The van der Waals surface area contributed by atoms with Crippen molar-refractivity contribution in [2.24, 2.45) is 0 Å². The van der Waals surface area contributed by atoms with Gasteiger partial charge in [-0.1, -0.05) is 12.7 Å². The summed E-state index contributed by atoms with van der Waals surface area (Å²) in [6.45, 7) is 5.87. The van der Waals surface area contributed by atoms with Crippen molar-refractivity contribution in [3.63, 3.8) is 0 Å². The van der Waals surface area contributed by atoms with Crippen LogP contribution in [-0.4, -0.2) is 27.9 Å². The van der Waals surface area contributed by atoms with E-state index in [2.05, 4.69) is 6.58 Å². The number of ether oxygens (including phenoxy) is 4. The number of hydrogen-bond donors (Lipinski definition) is 0. The van der Waals surface area contributed by atoms with E-state index in [0.29, 0.717) is 46.3 Å². The minimum atomic E-state index is -0.458. The van der Waals surface area contributed by atoms with Crippen molar-refractivity contribution < 1.29 is 23.4 Å². The summed E-state index contributed by atoms with van der Waals surface area (Å²) in [4.78, 5) is 12.8. The van der Waals surface area contributed by atoms with Gasteiger partial charge in [-0.15, -0.1) is 0 Å². The topological polar surface area (TPSA) is 67.1 Å². The second-order valence-corrected chi connectivity index (χ2v) is 6.06. The van der Waals surface area contributed by atoms with Crippen LogP contribution in [0.2, 0.25) is 0 Å². The summed E-state index contributed by atoms with van der Waals surface area (Å²) in [6, 6.07) is 8.86. The highest BCUT2D eigenvalue weighted by Gasteiger charge is 2.19. The first-order valence-electron chi connectivity index (χ1n) is 8.65. The van der Waals surface area contributed by atoms with Crippen LogP contribution in [0.4, 0.5) is 0 Å². The zero-order valence-electron chi connectivity index (χ0n) is 16.3. The van der Waals surface area contributed by atoms with Gasteiger partial charge in [0.25, 0.3) is 0 Å². The maximum atomic E-state index is 12.8. The predicted octanol–water partition coefficient (Wildman–Crippen LogP) is 4.36. The van der Waals surface area contributed by atoms with E-state index in [-0.39, 0.29) is 0 Å². The van der Waals surface area contributed by atoms with E-state index in [1.54, 1.807) is 24.3 Å². The monoisotopic (exact) mass is 382 g/mol. The molecule has 146 valence electrons. The summed E-state index contributed by atoms with van der Waals surface area (Å²) < 4.78 is 27.2. The molecule has 0 amide bonds. The smallest absolute Gasteiger partial charge is 0.344 e. The maximum absolute atomic E-state index is 12.8. The van der Waals surface area contributed by atoms with Gasteiger partial charge in [-0.2, -0.15) is 0 Å². The predicted molar refractivity (Wildman–Crippen MR) is 108 cm³/mol. The molecule has 0 bridgehead atoms. The fraction of sp³-hybridized carbons (Fsp3) is 0.227. The second kappa shape index (κ2) is 8.08. The molecule has 0 unspecified atom stereocenters. The number of rotatable bonds is 7. The Morgan fingerprint density at radius 3 is 2.29 bits per heavy atom. The highest BCUT2D eigenvalue weighted by Crippen LogP contribution is 2.41. The lowest BCUT2D eigenvalue weighted by Crippen LogP contribution is -2.07. The van der Waals surface area contributed by atoms with Gasteiger partial charge < -0.3 is 23.4 Å². The fourth-order valence-corrected chi connectivity index (χ4v) is 3.14. The summed E-state index contributed by atoms with van der Waals surface area (Å²) in [5.41, 5.74) is 1.84. The van der Waals surface area contributed by atoms with Gasteiger partial charge in [0.05, 0.1) is 26.9 Å². The zero-order valence-corrected chi connectivity index (χ0v) is 16.3. The van der Waals surface area contributed by atoms with Gasteiger partial charge in [0.15, 0.2) is 11.5 Å². The molecule has 6 heteroatoms. The number of hydrogen-bond acceptors (Lipinski definition) is 6. The molecule has 2 aromatic carbocycles. The van der Waals surface area contributed by atoms with E-state index in [4.69, 9.17) is 23.4 Å². The highest BCUT2D eigenvalue weighted by molar-refractivity contribution is 5.88. The van der Waals surface area contributed by atoms with E-state index in [1.165, 1.54) is 21.3 Å². The Hall–Kier alpha value is -3.41. The summed E-state index contributed by atoms with van der Waals surface area (Å²) in [7, 11) is 4.59. The first kappa shape index (κ1) is 19.4. The molecule has 3 aromatic rings. The molecule has 0 aliphatic rings. The standard InChI is InChI=1S/C22H22O6/c1-6-9-27-15-7-8-16-13(2)20(22(23)28-17(16)12-15)14-10-18(24-3)21(26-5)19(11-14)25-4/h6-8,10-12H,1,9H2,2-5H3. The lowest BCUT2D eigenvalue weighted by atomic mass is 9.98. The first-order valence-corrected chi connectivity index (χ1v) is 8.65. The lowest BCUT2D eigenvalue weighted by Gasteiger charge is -2.15. The van der Waals surface area contributed by atoms with Crippen molar-refractivity contribution in [1.82, 2.24) is 0 Å². The molecule has 0 saturated heterocycles. The highest BCUT2D eigenvalue weighted by atomic mass is 16.5. The molecule has 3 rings (SSSR count). The van der Waals surface area contributed by atoms with Crippen molar-refractivity contribution in [2.45, 2.75) is 6.92 Å². The fourth-order valence-electron chi connectivity index (χ4n) is 3.14. The average Bonchev–Trinajstić information content (AvgIpc) is 2.71. The Morgan fingerprint density at radius 1 is 1.04 bits per heavy atom. The minimum Gasteiger partial charge on any atom is -0.493 e. The van der Waals surface area contributed by atoms with Crippen LogP contribution in [-0.2, 0) is 0 Å². The summed E-state index contributed by atoms with van der Waals surface area (Å²) in [6.07, 6.45) is 1.65. The SMILES string of the molecule is C=CCOc1ccc2c(C)c(-c3cc(OC)c(OC)c(OC)c3)c(=O)oc2c1. The van der Waals surface area contributed by atoms with E-state index in [1.807, 2.05) is 19.1 Å². The summed E-state index contributed by atoms with van der Waals surface area (Å²) in [5, 5.41) is 0.814. The Labute approximate surface area is 162 Å². The Morgan fingerprint density at radius 2 is 1.71 bits per heavy atom. The van der Waals surface area contributed by atoms with Gasteiger partial charge in [0.2, 0.25) is 5.75 Å². The van der Waals surface area contributed by atoms with Gasteiger partial charge in [0.1, 0.15) is 17.9 Å². The Bertz CT molecular complexity index is 1060. The molecule has 0 N–H and O–H groups in total. The molecule has 1 heterocycles. The maximum Gasteiger partial charge on any atom is 0.344 e. The molecule has 1 aromatic heterocycles. The molecule has 0 saturated carbocycles. The van der Waals surface area contributed by atoms with Gasteiger partial charge in [-0.3, -0.25) is 0 Å². The quantitative estimate of drug-likeness (QED) is 0.447. The van der Waals surface area contributed by atoms with Crippen LogP contribution in [0, 0.1) is 6.92 Å². The number of fused-ring (bicyclic) bond motifs is 1. The van der Waals surface area contributed by atoms with Crippen LogP contribution < -0.4 is 24.6 Å². The normalized spacial score (nSPS) is 10.6. The molecule has 6 nitrogen and oxygen atoms in total. The zero-order chi connectivity index (χ0) is 20.3. The van der Waals surface area contributed by atoms with Crippen LogP contribution >= 0.6 is 0 Å². The van der Waals surface area contributed by atoms with Gasteiger partial charge in [0, 0.05) is 11.5 Å². The van der Waals surface area contributed by atoms with Crippen molar-refractivity contribution >= 4 is 11.0 Å². The van der Waals surface area contributed by atoms with E-state index in [9.17, 15) is 4.79 Å². The minimum absolute atomic E-state index is 0.373. The third-order valence-electron chi connectivity index (χ3n) is 4.46. The van der Waals surface area contributed by atoms with Crippen molar-refractivity contribution in [3.8, 4) is 34.1 Å². The average molecular weight is 382 g/mol. The number of benzene rings is 2. The van der Waals surface area contributed by atoms with Crippen LogP contribution in [0.5, 0.6) is 23.0 Å². The summed E-state index contributed by atoms with van der Waals surface area (Å²) >= 11 is 0. The van der Waals surface area contributed by atoms with E-state index < -0.39 is 5.63 Å². The second-order valence-electron chi connectivity index (χ2n) is 6.06. The van der Waals surface area contributed by atoms with E-state index >= 15 is 0 Å². The van der Waals surface area contributed by atoms with Gasteiger partial charge in [-0.05, 0) is 42.3 Å². The molecule has 0 fully saturated rings. The van der Waals surface area contributed by atoms with E-state index in [0.717, 1.165) is 10.9 Å². The Kier molecular flexibility index (Phi) is 5.59. The molecule has 0 aliphatic heterocycles. The van der Waals surface area contributed by atoms with Crippen LogP contribution in [0.25, 0.3) is 22.1 Å². The largest absolute Gasteiger partial charge is 0.493 e. The first-order chi connectivity index (χ1) is 13.5. The van der Waals surface area contributed by atoms with Gasteiger partial charge in [-0.25, -0.2) is 4.79 Å². The van der Waals surface area contributed by atoms with Crippen molar-refractivity contribution in [2.75, 3.05) is 27.9 Å². The Balaban J connectivity index is 2.21. The molecular formula is C22H22O6. The van der Waals surface area contributed by atoms with Crippen molar-refractivity contribution in [1.29, 1.82) is 0 Å². The lowest BCUT2D eigenvalue weighted by molar-refractivity contribution is 0.324. The third kappa shape index (κ3) is 3.41. The van der Waals surface area contributed by atoms with Gasteiger partial charge >= 0.3 is 5.63 Å². The molecular weight excluding hydrogens is 360 g/mol. The molecule has 0 radical (unpaired) electrons. The summed E-state index contributed by atoms with van der Waals surface area (Å²) in [5.74, 6) is 1.99. The third-order valence-corrected chi connectivity index (χ3v) is 4.46. The molecule has 0 atom stereocenters. The number of methoxy groups -OCH3 is 3. The molecule has 0 aliphatic carbocycles. The number of aryl methyl sites for hydroxylation is 1. The van der Waals surface area contributed by atoms with Crippen LogP contribution in [0.1, 0.15) is 5.56 Å². The van der Waals surface area contributed by atoms with Crippen molar-refractivity contribution in [3.05, 3.63) is 59.0 Å².